The molecule has 3 unspecified atom stereocenters. The highest BCUT2D eigenvalue weighted by molar-refractivity contribution is 9.10. The molecular weight excluding hydrogens is 342 g/mol. The molecule has 3 heteroatoms. The molecule has 1 heterocycles. The van der Waals surface area contributed by atoms with Crippen LogP contribution >= 0.6 is 31.9 Å². The second-order valence-corrected chi connectivity index (χ2v) is 7.20. The largest absolute Gasteiger partial charge is 0.260 e. The van der Waals surface area contributed by atoms with Gasteiger partial charge < -0.3 is 0 Å². The minimum atomic E-state index is 0.490. The van der Waals surface area contributed by atoms with E-state index in [4.69, 9.17) is 0 Å². The highest BCUT2D eigenvalue weighted by Crippen LogP contribution is 2.57. The lowest BCUT2D eigenvalue weighted by Gasteiger charge is -2.36. The first kappa shape index (κ1) is 12.2. The van der Waals surface area contributed by atoms with Crippen LogP contribution in [0.2, 0.25) is 0 Å². The quantitative estimate of drug-likeness (QED) is 0.720. The van der Waals surface area contributed by atoms with Gasteiger partial charge >= 0.3 is 0 Å². The van der Waals surface area contributed by atoms with Crippen LogP contribution in [-0.4, -0.2) is 10.3 Å². The van der Waals surface area contributed by atoms with Gasteiger partial charge in [-0.2, -0.15) is 0 Å². The molecule has 2 fully saturated rings. The molecule has 3 rings (SSSR count). The lowest BCUT2D eigenvalue weighted by atomic mass is 9.71. The first-order valence-corrected chi connectivity index (χ1v) is 8.30. The first-order chi connectivity index (χ1) is 8.22. The molecule has 2 aliphatic rings. The van der Waals surface area contributed by atoms with E-state index in [0.717, 1.165) is 28.1 Å². The Morgan fingerprint density at radius 2 is 2.24 bits per heavy atom. The third kappa shape index (κ3) is 2.21. The average molecular weight is 359 g/mol. The summed E-state index contributed by atoms with van der Waals surface area (Å²) in [5, 5.41) is 1.14. The standard InChI is InChI=1S/C14H17Br2N/c15-9-14(6-10-1-2-11(14)5-10)7-13-4-3-12(16)8-17-13/h3-4,8,10-11H,1-2,5-7,9H2. The van der Waals surface area contributed by atoms with E-state index in [1.54, 1.807) is 0 Å². The minimum absolute atomic E-state index is 0.490. The lowest BCUT2D eigenvalue weighted by molar-refractivity contribution is 0.195. The van der Waals surface area contributed by atoms with Crippen molar-refractivity contribution in [2.45, 2.75) is 32.1 Å². The summed E-state index contributed by atoms with van der Waals surface area (Å²) in [5.74, 6) is 1.92. The normalized spacial score (nSPS) is 35.4. The fourth-order valence-corrected chi connectivity index (χ4v) is 4.98. The first-order valence-electron chi connectivity index (χ1n) is 6.38. The van der Waals surface area contributed by atoms with E-state index in [2.05, 4.69) is 49.0 Å². The van der Waals surface area contributed by atoms with Crippen LogP contribution in [0.25, 0.3) is 0 Å². The van der Waals surface area contributed by atoms with E-state index >= 15 is 0 Å². The van der Waals surface area contributed by atoms with Crippen molar-refractivity contribution >= 4 is 31.9 Å². The van der Waals surface area contributed by atoms with E-state index in [-0.39, 0.29) is 0 Å². The molecule has 0 radical (unpaired) electrons. The van der Waals surface area contributed by atoms with Crippen molar-refractivity contribution in [2.24, 2.45) is 17.3 Å². The number of pyridine rings is 1. The number of rotatable bonds is 3. The molecule has 0 amide bonds. The molecule has 0 saturated heterocycles. The summed E-state index contributed by atoms with van der Waals surface area (Å²) in [6.45, 7) is 0. The predicted molar refractivity (Wildman–Crippen MR) is 77.3 cm³/mol. The lowest BCUT2D eigenvalue weighted by Crippen LogP contribution is -2.32. The summed E-state index contributed by atoms with van der Waals surface area (Å²) in [5.41, 5.74) is 1.74. The Labute approximate surface area is 120 Å². The Balaban J connectivity index is 1.80. The third-order valence-corrected chi connectivity index (χ3v) is 6.28. The van der Waals surface area contributed by atoms with Crippen LogP contribution in [0.1, 0.15) is 31.4 Å². The summed E-state index contributed by atoms with van der Waals surface area (Å²) in [4.78, 5) is 4.55. The van der Waals surface area contributed by atoms with Crippen LogP contribution in [0.4, 0.5) is 0 Å². The van der Waals surface area contributed by atoms with Gasteiger partial charge in [-0.1, -0.05) is 22.4 Å². The van der Waals surface area contributed by atoms with Gasteiger partial charge in [-0.15, -0.1) is 0 Å². The van der Waals surface area contributed by atoms with Crippen molar-refractivity contribution in [3.63, 3.8) is 0 Å². The number of aromatic nitrogens is 1. The molecule has 1 nitrogen and oxygen atoms in total. The third-order valence-electron chi connectivity index (χ3n) is 4.69. The zero-order chi connectivity index (χ0) is 11.9. The van der Waals surface area contributed by atoms with Crippen LogP contribution in [0, 0.1) is 17.3 Å². The summed E-state index contributed by atoms with van der Waals surface area (Å²) in [6.07, 6.45) is 8.83. The van der Waals surface area contributed by atoms with Gasteiger partial charge in [-0.3, -0.25) is 4.98 Å². The van der Waals surface area contributed by atoms with Gasteiger partial charge in [0.05, 0.1) is 0 Å². The van der Waals surface area contributed by atoms with Gasteiger partial charge in [0.1, 0.15) is 0 Å². The second kappa shape index (κ2) is 4.65. The molecule has 1 aromatic heterocycles. The summed E-state index contributed by atoms with van der Waals surface area (Å²) in [7, 11) is 0. The molecule has 0 spiro atoms. The van der Waals surface area contributed by atoms with Gasteiger partial charge in [0.2, 0.25) is 0 Å². The maximum Gasteiger partial charge on any atom is 0.0413 e. The number of nitrogens with zero attached hydrogens (tertiary/aromatic N) is 1. The molecule has 1 aromatic rings. The molecule has 0 aromatic carbocycles. The van der Waals surface area contributed by atoms with E-state index in [1.165, 1.54) is 31.4 Å². The van der Waals surface area contributed by atoms with Gasteiger partial charge in [0.25, 0.3) is 0 Å². The van der Waals surface area contributed by atoms with E-state index in [0.29, 0.717) is 5.41 Å². The minimum Gasteiger partial charge on any atom is -0.260 e. The van der Waals surface area contributed by atoms with Crippen LogP contribution in [0.15, 0.2) is 22.8 Å². The molecule has 17 heavy (non-hydrogen) atoms. The SMILES string of the molecule is BrCC1(Cc2ccc(Br)cn2)CC2CCC1C2. The Morgan fingerprint density at radius 3 is 2.76 bits per heavy atom. The topological polar surface area (TPSA) is 12.9 Å². The maximum atomic E-state index is 4.55. The average Bonchev–Trinajstić information content (AvgIpc) is 2.93. The molecule has 2 aliphatic carbocycles. The van der Waals surface area contributed by atoms with Crippen molar-refractivity contribution in [3.8, 4) is 0 Å². The molecule has 2 saturated carbocycles. The zero-order valence-corrected chi connectivity index (χ0v) is 13.0. The number of fused-ring (bicyclic) bond motifs is 2. The molecule has 3 atom stereocenters. The van der Waals surface area contributed by atoms with Gasteiger partial charge in [0, 0.05) is 21.7 Å². The summed E-state index contributed by atoms with van der Waals surface area (Å²) >= 11 is 7.22. The van der Waals surface area contributed by atoms with Gasteiger partial charge in [0.15, 0.2) is 0 Å². The number of hydrogen-bond acceptors (Lipinski definition) is 1. The summed E-state index contributed by atoms with van der Waals surface area (Å²) < 4.78 is 1.07. The number of hydrogen-bond donors (Lipinski definition) is 0. The molecule has 0 aliphatic heterocycles. The molecular formula is C14H17Br2N. The van der Waals surface area contributed by atoms with E-state index in [1.807, 2.05) is 6.20 Å². The monoisotopic (exact) mass is 357 g/mol. The van der Waals surface area contributed by atoms with Crippen LogP contribution in [0.5, 0.6) is 0 Å². The van der Waals surface area contributed by atoms with E-state index < -0.39 is 0 Å². The predicted octanol–water partition coefficient (Wildman–Crippen LogP) is 4.59. The highest BCUT2D eigenvalue weighted by atomic mass is 79.9. The van der Waals surface area contributed by atoms with Crippen LogP contribution in [0.3, 0.4) is 0 Å². The smallest absolute Gasteiger partial charge is 0.0413 e. The molecule has 92 valence electrons. The van der Waals surface area contributed by atoms with Crippen LogP contribution in [-0.2, 0) is 6.42 Å². The molecule has 0 N–H and O–H groups in total. The Hall–Kier alpha value is 0.110. The van der Waals surface area contributed by atoms with Gasteiger partial charge in [-0.05, 0) is 71.0 Å². The van der Waals surface area contributed by atoms with E-state index in [9.17, 15) is 0 Å². The van der Waals surface area contributed by atoms with Crippen molar-refractivity contribution in [1.82, 2.24) is 4.98 Å². The highest BCUT2D eigenvalue weighted by Gasteiger charge is 2.50. The summed E-state index contributed by atoms with van der Waals surface area (Å²) in [6, 6.07) is 4.28. The fraction of sp³-hybridized carbons (Fsp3) is 0.643. The van der Waals surface area contributed by atoms with Crippen LogP contribution < -0.4 is 0 Å². The maximum absolute atomic E-state index is 4.55. The van der Waals surface area contributed by atoms with Crippen molar-refractivity contribution < 1.29 is 0 Å². The van der Waals surface area contributed by atoms with Gasteiger partial charge in [-0.25, -0.2) is 0 Å². The Morgan fingerprint density at radius 1 is 1.35 bits per heavy atom. The Kier molecular flexibility index (Phi) is 3.33. The van der Waals surface area contributed by atoms with Crippen molar-refractivity contribution in [3.05, 3.63) is 28.5 Å². The number of halogens is 2. The number of alkyl halides is 1. The van der Waals surface area contributed by atoms with Crippen molar-refractivity contribution in [2.75, 3.05) is 5.33 Å². The Bertz CT molecular complexity index is 403. The second-order valence-electron chi connectivity index (χ2n) is 5.72. The van der Waals surface area contributed by atoms with Crippen molar-refractivity contribution in [1.29, 1.82) is 0 Å². The zero-order valence-electron chi connectivity index (χ0n) is 9.83. The fourth-order valence-electron chi connectivity index (χ4n) is 3.86. The molecule has 2 bridgehead atoms.